The molecule has 0 radical (unpaired) electrons. The van der Waals surface area contributed by atoms with Crippen molar-refractivity contribution in [2.75, 3.05) is 11.9 Å². The van der Waals surface area contributed by atoms with Crippen LogP contribution < -0.4 is 10.6 Å². The van der Waals surface area contributed by atoms with Crippen LogP contribution in [0.4, 0.5) is 5.69 Å². The summed E-state index contributed by atoms with van der Waals surface area (Å²) in [7, 11) is 0. The van der Waals surface area contributed by atoms with Crippen LogP contribution in [0.2, 0.25) is 0 Å². The number of anilines is 1. The van der Waals surface area contributed by atoms with Crippen molar-refractivity contribution >= 4 is 33.4 Å². The third kappa shape index (κ3) is 5.03. The molecule has 0 unspecified atom stereocenters. The molecule has 1 aromatic carbocycles. The van der Waals surface area contributed by atoms with E-state index in [1.807, 2.05) is 24.3 Å². The van der Waals surface area contributed by atoms with Crippen LogP contribution in [-0.2, 0) is 9.59 Å². The van der Waals surface area contributed by atoms with Crippen molar-refractivity contribution in [3.63, 3.8) is 0 Å². The maximum Gasteiger partial charge on any atom is 0.224 e. The molecule has 0 bridgehead atoms. The molecule has 1 saturated carbocycles. The maximum atomic E-state index is 11.7. The molecule has 5 heteroatoms. The lowest BCUT2D eigenvalue weighted by Crippen LogP contribution is -2.26. The fourth-order valence-electron chi connectivity index (χ4n) is 1.71. The van der Waals surface area contributed by atoms with E-state index in [1.165, 1.54) is 0 Å². The molecular formula is C14H17BrN2O2. The summed E-state index contributed by atoms with van der Waals surface area (Å²) < 4.78 is 0.980. The topological polar surface area (TPSA) is 58.2 Å². The molecule has 1 fully saturated rings. The zero-order chi connectivity index (χ0) is 13.7. The van der Waals surface area contributed by atoms with Crippen LogP contribution >= 0.6 is 15.9 Å². The molecule has 1 aliphatic rings. The summed E-state index contributed by atoms with van der Waals surface area (Å²) in [5.41, 5.74) is 0.787. The molecule has 2 N–H and O–H groups in total. The molecule has 0 heterocycles. The van der Waals surface area contributed by atoms with Crippen LogP contribution in [-0.4, -0.2) is 18.4 Å². The average Bonchev–Trinajstić information content (AvgIpc) is 3.21. The minimum Gasteiger partial charge on any atom is -0.356 e. The SMILES string of the molecule is O=C(CCCNC(=O)C1CC1)Nc1ccc(Br)cc1. The molecule has 2 rings (SSSR count). The van der Waals surface area contributed by atoms with E-state index in [4.69, 9.17) is 0 Å². The minimum atomic E-state index is -0.0250. The van der Waals surface area contributed by atoms with E-state index in [-0.39, 0.29) is 17.7 Å². The van der Waals surface area contributed by atoms with Gasteiger partial charge in [-0.15, -0.1) is 0 Å². The Morgan fingerprint density at radius 2 is 1.89 bits per heavy atom. The monoisotopic (exact) mass is 324 g/mol. The summed E-state index contributed by atoms with van der Waals surface area (Å²) in [5.74, 6) is 0.341. The van der Waals surface area contributed by atoms with E-state index in [0.29, 0.717) is 19.4 Å². The van der Waals surface area contributed by atoms with Gasteiger partial charge in [0.15, 0.2) is 0 Å². The van der Waals surface area contributed by atoms with Gasteiger partial charge in [-0.3, -0.25) is 9.59 Å². The molecule has 0 aliphatic heterocycles. The molecule has 0 aromatic heterocycles. The summed E-state index contributed by atoms with van der Waals surface area (Å²) in [6.07, 6.45) is 3.10. The molecule has 0 atom stereocenters. The fraction of sp³-hybridized carbons (Fsp3) is 0.429. The minimum absolute atomic E-state index is 0.0250. The third-order valence-corrected chi connectivity index (χ3v) is 3.48. The predicted molar refractivity (Wildman–Crippen MR) is 77.7 cm³/mol. The van der Waals surface area contributed by atoms with Crippen molar-refractivity contribution in [2.24, 2.45) is 5.92 Å². The van der Waals surface area contributed by atoms with Crippen molar-refractivity contribution in [2.45, 2.75) is 25.7 Å². The first-order chi connectivity index (χ1) is 9.15. The highest BCUT2D eigenvalue weighted by Crippen LogP contribution is 2.28. The Morgan fingerprint density at radius 1 is 1.21 bits per heavy atom. The van der Waals surface area contributed by atoms with Gasteiger partial charge in [-0.2, -0.15) is 0 Å². The quantitative estimate of drug-likeness (QED) is 0.790. The Labute approximate surface area is 121 Å². The molecule has 1 aromatic rings. The Bertz CT molecular complexity index is 455. The molecule has 102 valence electrons. The number of carbonyl (C=O) groups excluding carboxylic acids is 2. The Balaban J connectivity index is 1.61. The Hall–Kier alpha value is -1.36. The number of amides is 2. The van der Waals surface area contributed by atoms with Gasteiger partial charge in [0.25, 0.3) is 0 Å². The normalized spacial score (nSPS) is 13.9. The zero-order valence-electron chi connectivity index (χ0n) is 10.6. The van der Waals surface area contributed by atoms with Crippen LogP contribution in [0, 0.1) is 5.92 Å². The molecular weight excluding hydrogens is 308 g/mol. The van der Waals surface area contributed by atoms with Crippen molar-refractivity contribution in [1.82, 2.24) is 5.32 Å². The lowest BCUT2D eigenvalue weighted by molar-refractivity contribution is -0.122. The number of hydrogen-bond donors (Lipinski definition) is 2. The van der Waals surface area contributed by atoms with Gasteiger partial charge < -0.3 is 10.6 Å². The highest BCUT2D eigenvalue weighted by atomic mass is 79.9. The van der Waals surface area contributed by atoms with Crippen molar-refractivity contribution < 1.29 is 9.59 Å². The maximum absolute atomic E-state index is 11.7. The Kier molecular flexibility index (Phi) is 4.96. The molecule has 2 amide bonds. The van der Waals surface area contributed by atoms with Crippen LogP contribution in [0.5, 0.6) is 0 Å². The van der Waals surface area contributed by atoms with Gasteiger partial charge in [0.1, 0.15) is 0 Å². The number of nitrogens with one attached hydrogen (secondary N) is 2. The van der Waals surface area contributed by atoms with E-state index in [1.54, 1.807) is 0 Å². The van der Waals surface area contributed by atoms with E-state index in [9.17, 15) is 9.59 Å². The largest absolute Gasteiger partial charge is 0.356 e. The van der Waals surface area contributed by atoms with Gasteiger partial charge in [0.05, 0.1) is 0 Å². The summed E-state index contributed by atoms with van der Waals surface area (Å²) in [6, 6.07) is 7.45. The summed E-state index contributed by atoms with van der Waals surface area (Å²) in [4.78, 5) is 23.0. The number of hydrogen-bond acceptors (Lipinski definition) is 2. The summed E-state index contributed by atoms with van der Waals surface area (Å²) >= 11 is 3.34. The average molecular weight is 325 g/mol. The number of halogens is 1. The van der Waals surface area contributed by atoms with Crippen LogP contribution in [0.1, 0.15) is 25.7 Å². The van der Waals surface area contributed by atoms with Gasteiger partial charge in [-0.1, -0.05) is 15.9 Å². The van der Waals surface area contributed by atoms with Crippen molar-refractivity contribution in [3.8, 4) is 0 Å². The first-order valence-corrected chi connectivity index (χ1v) is 7.27. The second kappa shape index (κ2) is 6.70. The first-order valence-electron chi connectivity index (χ1n) is 6.48. The fourth-order valence-corrected chi connectivity index (χ4v) is 1.97. The van der Waals surface area contributed by atoms with Gasteiger partial charge >= 0.3 is 0 Å². The summed E-state index contributed by atoms with van der Waals surface area (Å²) in [6.45, 7) is 0.573. The molecule has 0 spiro atoms. The number of benzene rings is 1. The molecule has 19 heavy (non-hydrogen) atoms. The second-order valence-electron chi connectivity index (χ2n) is 4.72. The third-order valence-electron chi connectivity index (χ3n) is 2.96. The van der Waals surface area contributed by atoms with Gasteiger partial charge in [-0.25, -0.2) is 0 Å². The summed E-state index contributed by atoms with van der Waals surface area (Å²) in [5, 5.41) is 5.67. The van der Waals surface area contributed by atoms with Crippen LogP contribution in [0.3, 0.4) is 0 Å². The Morgan fingerprint density at radius 3 is 2.53 bits per heavy atom. The number of rotatable bonds is 6. The molecule has 1 aliphatic carbocycles. The van der Waals surface area contributed by atoms with Gasteiger partial charge in [0.2, 0.25) is 11.8 Å². The van der Waals surface area contributed by atoms with Crippen molar-refractivity contribution in [1.29, 1.82) is 0 Å². The lowest BCUT2D eigenvalue weighted by Gasteiger charge is -2.06. The van der Waals surface area contributed by atoms with Crippen LogP contribution in [0.15, 0.2) is 28.7 Å². The van der Waals surface area contributed by atoms with Crippen LogP contribution in [0.25, 0.3) is 0 Å². The lowest BCUT2D eigenvalue weighted by atomic mass is 10.2. The first kappa shape index (κ1) is 14.1. The van der Waals surface area contributed by atoms with Crippen molar-refractivity contribution in [3.05, 3.63) is 28.7 Å². The number of carbonyl (C=O) groups is 2. The predicted octanol–water partition coefficient (Wildman–Crippen LogP) is 2.69. The standard InChI is InChI=1S/C14H17BrN2O2/c15-11-5-7-12(8-6-11)17-13(18)2-1-9-16-14(19)10-3-4-10/h5-8,10H,1-4,9H2,(H,16,19)(H,17,18). The van der Waals surface area contributed by atoms with E-state index in [0.717, 1.165) is 23.0 Å². The van der Waals surface area contributed by atoms with Gasteiger partial charge in [-0.05, 0) is 43.5 Å². The van der Waals surface area contributed by atoms with E-state index < -0.39 is 0 Å². The highest BCUT2D eigenvalue weighted by Gasteiger charge is 2.28. The second-order valence-corrected chi connectivity index (χ2v) is 5.64. The molecule has 0 saturated heterocycles. The van der Waals surface area contributed by atoms with E-state index in [2.05, 4.69) is 26.6 Å². The smallest absolute Gasteiger partial charge is 0.224 e. The molecule has 4 nitrogen and oxygen atoms in total. The zero-order valence-corrected chi connectivity index (χ0v) is 12.2. The van der Waals surface area contributed by atoms with E-state index >= 15 is 0 Å². The highest BCUT2D eigenvalue weighted by molar-refractivity contribution is 9.10. The van der Waals surface area contributed by atoms with Gasteiger partial charge in [0, 0.05) is 29.0 Å².